The van der Waals surface area contributed by atoms with Crippen LogP contribution in [0.3, 0.4) is 0 Å². The summed E-state index contributed by atoms with van der Waals surface area (Å²) in [6.45, 7) is 4.00. The molecule has 0 atom stereocenters. The number of nitrogens with zero attached hydrogens (tertiary/aromatic N) is 4. The summed E-state index contributed by atoms with van der Waals surface area (Å²) in [5.74, 6) is 0.373. The number of hydrogen-bond donors (Lipinski definition) is 2. The molecule has 0 aliphatic carbocycles. The molecule has 3 aromatic heterocycles. The van der Waals surface area contributed by atoms with Crippen molar-refractivity contribution in [1.29, 1.82) is 0 Å². The van der Waals surface area contributed by atoms with E-state index in [4.69, 9.17) is 0 Å². The number of hydrazone groups is 1. The molecule has 0 bridgehead atoms. The smallest absolute Gasteiger partial charge is 0.265 e. The topological polar surface area (TPSA) is 78.8 Å². The monoisotopic (exact) mass is 322 g/mol. The van der Waals surface area contributed by atoms with E-state index in [2.05, 4.69) is 43.7 Å². The lowest BCUT2D eigenvalue weighted by Gasteiger charge is -1.99. The highest BCUT2D eigenvalue weighted by Crippen LogP contribution is 2.24. The first-order valence-corrected chi connectivity index (χ1v) is 8.06. The van der Waals surface area contributed by atoms with Crippen molar-refractivity contribution in [2.75, 3.05) is 5.43 Å². The van der Waals surface area contributed by atoms with E-state index in [9.17, 15) is 0 Å². The first-order chi connectivity index (χ1) is 11.2. The van der Waals surface area contributed by atoms with E-state index < -0.39 is 0 Å². The van der Waals surface area contributed by atoms with Crippen molar-refractivity contribution < 1.29 is 0 Å². The molecule has 23 heavy (non-hydrogen) atoms. The summed E-state index contributed by atoms with van der Waals surface area (Å²) in [6, 6.07) is 10.1. The third-order valence-electron chi connectivity index (χ3n) is 3.66. The largest absolute Gasteiger partial charge is 0.337 e. The molecule has 114 valence electrons. The van der Waals surface area contributed by atoms with E-state index in [0.29, 0.717) is 11.6 Å². The number of nitrogens with one attached hydrogen (secondary N) is 2. The van der Waals surface area contributed by atoms with E-state index in [-0.39, 0.29) is 0 Å². The van der Waals surface area contributed by atoms with Crippen LogP contribution in [0.5, 0.6) is 0 Å². The van der Waals surface area contributed by atoms with Crippen LogP contribution in [0.1, 0.15) is 17.4 Å². The fourth-order valence-corrected chi connectivity index (χ4v) is 3.14. The highest BCUT2D eigenvalue weighted by molar-refractivity contribution is 7.12. The van der Waals surface area contributed by atoms with Crippen molar-refractivity contribution in [3.8, 4) is 0 Å². The van der Waals surface area contributed by atoms with Crippen molar-refractivity contribution in [3.05, 3.63) is 46.2 Å². The summed E-state index contributed by atoms with van der Waals surface area (Å²) in [5, 5.41) is 15.8. The summed E-state index contributed by atoms with van der Waals surface area (Å²) >= 11 is 1.64. The molecule has 0 radical (unpaired) electrons. The number of aryl methyl sites for hydroxylation is 1. The Morgan fingerprint density at radius 3 is 2.96 bits per heavy atom. The van der Waals surface area contributed by atoms with Gasteiger partial charge in [0.05, 0.1) is 11.2 Å². The Labute approximate surface area is 136 Å². The quantitative estimate of drug-likeness (QED) is 0.445. The minimum Gasteiger partial charge on any atom is -0.337 e. The standard InChI is InChI=1S/C16H14N6S/c1-9-5-3-6-11-13(9)17-15-14(11)20-22-16(18-15)21-19-10(2)12-7-4-8-23-12/h3-8H,1-2H3,(H2,17,18,21,22)/b19-10-. The average molecular weight is 322 g/mol. The number of thiophene rings is 1. The lowest BCUT2D eigenvalue weighted by atomic mass is 10.1. The molecule has 0 unspecified atom stereocenters. The lowest BCUT2D eigenvalue weighted by molar-refractivity contribution is 1.01. The van der Waals surface area contributed by atoms with Crippen molar-refractivity contribution in [2.45, 2.75) is 13.8 Å². The maximum absolute atomic E-state index is 4.46. The molecular weight excluding hydrogens is 308 g/mol. The maximum Gasteiger partial charge on any atom is 0.265 e. The number of fused-ring (bicyclic) bond motifs is 3. The van der Waals surface area contributed by atoms with Gasteiger partial charge in [0, 0.05) is 10.3 Å². The first kappa shape index (κ1) is 13.8. The van der Waals surface area contributed by atoms with E-state index in [1.54, 1.807) is 11.3 Å². The molecule has 0 saturated carbocycles. The Hall–Kier alpha value is -2.80. The molecule has 0 aliphatic rings. The highest BCUT2D eigenvalue weighted by atomic mass is 32.1. The molecule has 7 heteroatoms. The van der Waals surface area contributed by atoms with Crippen LogP contribution in [0, 0.1) is 6.92 Å². The third kappa shape index (κ3) is 2.44. The van der Waals surface area contributed by atoms with Gasteiger partial charge in [-0.2, -0.15) is 10.1 Å². The van der Waals surface area contributed by atoms with Crippen LogP contribution in [-0.4, -0.2) is 25.9 Å². The van der Waals surface area contributed by atoms with Gasteiger partial charge in [0.2, 0.25) is 0 Å². The number of para-hydroxylation sites is 1. The normalized spacial score (nSPS) is 12.2. The van der Waals surface area contributed by atoms with Crippen LogP contribution in [0.25, 0.3) is 22.1 Å². The van der Waals surface area contributed by atoms with E-state index in [1.807, 2.05) is 36.6 Å². The number of benzene rings is 1. The molecule has 0 spiro atoms. The van der Waals surface area contributed by atoms with Crippen molar-refractivity contribution >= 4 is 45.1 Å². The van der Waals surface area contributed by atoms with Crippen LogP contribution >= 0.6 is 11.3 Å². The second-order valence-corrected chi connectivity index (χ2v) is 6.19. The number of rotatable bonds is 3. The van der Waals surface area contributed by atoms with Gasteiger partial charge < -0.3 is 4.98 Å². The second kappa shape index (κ2) is 5.44. The van der Waals surface area contributed by atoms with Crippen LogP contribution in [0.15, 0.2) is 40.8 Å². The van der Waals surface area contributed by atoms with Crippen LogP contribution < -0.4 is 5.43 Å². The molecule has 3 heterocycles. The maximum atomic E-state index is 4.46. The fraction of sp³-hybridized carbons (Fsp3) is 0.125. The van der Waals surface area contributed by atoms with E-state index in [1.165, 1.54) is 0 Å². The molecule has 2 N–H and O–H groups in total. The van der Waals surface area contributed by atoms with Crippen LogP contribution in [0.2, 0.25) is 0 Å². The number of H-pyrrole nitrogens is 1. The number of anilines is 1. The Kier molecular flexibility index (Phi) is 3.27. The lowest BCUT2D eigenvalue weighted by Crippen LogP contribution is -2.02. The van der Waals surface area contributed by atoms with Gasteiger partial charge in [0.1, 0.15) is 5.52 Å². The van der Waals surface area contributed by atoms with Gasteiger partial charge in [-0.25, -0.2) is 5.43 Å². The van der Waals surface area contributed by atoms with E-state index >= 15 is 0 Å². The molecule has 0 aliphatic heterocycles. The molecule has 0 fully saturated rings. The van der Waals surface area contributed by atoms with Gasteiger partial charge in [-0.1, -0.05) is 24.3 Å². The summed E-state index contributed by atoms with van der Waals surface area (Å²) in [6.07, 6.45) is 0. The first-order valence-electron chi connectivity index (χ1n) is 7.18. The Morgan fingerprint density at radius 1 is 1.22 bits per heavy atom. The minimum absolute atomic E-state index is 0.373. The van der Waals surface area contributed by atoms with Gasteiger partial charge in [-0.3, -0.25) is 0 Å². The Balaban J connectivity index is 1.70. The van der Waals surface area contributed by atoms with Gasteiger partial charge >= 0.3 is 0 Å². The number of hydrogen-bond acceptors (Lipinski definition) is 6. The average Bonchev–Trinajstić information content (AvgIpc) is 3.20. The number of aromatic amines is 1. The summed E-state index contributed by atoms with van der Waals surface area (Å²) in [7, 11) is 0. The molecule has 4 aromatic rings. The zero-order chi connectivity index (χ0) is 15.8. The molecular formula is C16H14N6S. The van der Waals surface area contributed by atoms with Crippen molar-refractivity contribution in [1.82, 2.24) is 20.2 Å². The van der Waals surface area contributed by atoms with Gasteiger partial charge in [-0.05, 0) is 30.9 Å². The molecule has 0 saturated heterocycles. The Bertz CT molecular complexity index is 1020. The van der Waals surface area contributed by atoms with Gasteiger partial charge in [0.25, 0.3) is 5.95 Å². The van der Waals surface area contributed by atoms with Crippen molar-refractivity contribution in [2.24, 2.45) is 5.10 Å². The number of aromatic nitrogens is 4. The predicted molar refractivity (Wildman–Crippen MR) is 94.1 cm³/mol. The second-order valence-electron chi connectivity index (χ2n) is 5.24. The zero-order valence-corrected chi connectivity index (χ0v) is 13.5. The molecule has 1 aromatic carbocycles. The summed E-state index contributed by atoms with van der Waals surface area (Å²) < 4.78 is 0. The highest BCUT2D eigenvalue weighted by Gasteiger charge is 2.10. The molecule has 6 nitrogen and oxygen atoms in total. The van der Waals surface area contributed by atoms with Crippen LogP contribution in [-0.2, 0) is 0 Å². The SMILES string of the molecule is C/C(=N/Nc1nnc2c(n1)[nH]c1c(C)cccc12)c1cccs1. The third-order valence-corrected chi connectivity index (χ3v) is 4.64. The molecule has 0 amide bonds. The van der Waals surface area contributed by atoms with E-state index in [0.717, 1.165) is 32.6 Å². The van der Waals surface area contributed by atoms with Crippen LogP contribution in [0.4, 0.5) is 5.95 Å². The van der Waals surface area contributed by atoms with Gasteiger partial charge in [0.15, 0.2) is 5.65 Å². The fourth-order valence-electron chi connectivity index (χ4n) is 2.46. The summed E-state index contributed by atoms with van der Waals surface area (Å²) in [5.41, 5.74) is 7.43. The predicted octanol–water partition coefficient (Wildman–Crippen LogP) is 3.71. The van der Waals surface area contributed by atoms with Gasteiger partial charge in [-0.15, -0.1) is 21.5 Å². The Morgan fingerprint density at radius 2 is 2.13 bits per heavy atom. The minimum atomic E-state index is 0.373. The molecule has 4 rings (SSSR count). The summed E-state index contributed by atoms with van der Waals surface area (Å²) in [4.78, 5) is 8.87. The zero-order valence-electron chi connectivity index (χ0n) is 12.7. The van der Waals surface area contributed by atoms with Crippen molar-refractivity contribution in [3.63, 3.8) is 0 Å².